The quantitative estimate of drug-likeness (QED) is 0.650. The van der Waals surface area contributed by atoms with Crippen LogP contribution in [-0.2, 0) is 0 Å². The highest BCUT2D eigenvalue weighted by molar-refractivity contribution is 5.36. The average molecular weight is 256 g/mol. The smallest absolute Gasteiger partial charge is 0.0596 e. The molecular formula is C18H24O. The standard InChI is InChI=1S/C18H24O/c1-18-11-10-14-13-5-3-2-4-12(13)6-7-15(14)16(18)8-9-17(18)19/h2,5,14-17,19H,4,6-11H2,1H3/t14-,15-,16+,17?,18+/m1/s1. The predicted molar refractivity (Wildman–Crippen MR) is 76.6 cm³/mol. The molecule has 0 radical (unpaired) electrons. The van der Waals surface area contributed by atoms with Crippen molar-refractivity contribution in [3.63, 3.8) is 0 Å². The molecule has 102 valence electrons. The fraction of sp³-hybridized carbons (Fsp3) is 0.722. The average Bonchev–Trinajstić information content (AvgIpc) is 2.75. The molecule has 4 rings (SSSR count). The van der Waals surface area contributed by atoms with Crippen LogP contribution >= 0.6 is 0 Å². The molecule has 0 aliphatic heterocycles. The zero-order chi connectivity index (χ0) is 13.0. The van der Waals surface area contributed by atoms with E-state index in [0.717, 1.165) is 30.6 Å². The highest BCUT2D eigenvalue weighted by Gasteiger charge is 2.54. The minimum absolute atomic E-state index is 0.0457. The van der Waals surface area contributed by atoms with Crippen molar-refractivity contribution in [1.29, 1.82) is 0 Å². The van der Waals surface area contributed by atoms with Crippen molar-refractivity contribution in [1.82, 2.24) is 0 Å². The molecule has 0 saturated heterocycles. The third-order valence-corrected chi connectivity index (χ3v) is 6.68. The first-order valence-corrected chi connectivity index (χ1v) is 8.01. The summed E-state index contributed by atoms with van der Waals surface area (Å²) in [4.78, 5) is 0. The normalized spacial score (nSPS) is 47.9. The van der Waals surface area contributed by atoms with Gasteiger partial charge in [-0.15, -0.1) is 5.73 Å². The summed E-state index contributed by atoms with van der Waals surface area (Å²) < 4.78 is 0. The first kappa shape index (κ1) is 12.0. The second kappa shape index (κ2) is 4.11. The zero-order valence-electron chi connectivity index (χ0n) is 11.9. The van der Waals surface area contributed by atoms with Crippen LogP contribution in [0.25, 0.3) is 0 Å². The van der Waals surface area contributed by atoms with Gasteiger partial charge in [-0.3, -0.25) is 0 Å². The van der Waals surface area contributed by atoms with Crippen LogP contribution in [-0.4, -0.2) is 11.2 Å². The number of rotatable bonds is 0. The number of aliphatic hydroxyl groups excluding tert-OH is 1. The molecule has 2 saturated carbocycles. The van der Waals surface area contributed by atoms with Crippen LogP contribution in [0, 0.1) is 23.2 Å². The summed E-state index contributed by atoms with van der Waals surface area (Å²) >= 11 is 0. The van der Waals surface area contributed by atoms with Gasteiger partial charge in [-0.25, -0.2) is 0 Å². The van der Waals surface area contributed by atoms with Crippen LogP contribution in [0.15, 0.2) is 29.0 Å². The highest BCUT2D eigenvalue weighted by atomic mass is 16.3. The van der Waals surface area contributed by atoms with E-state index in [1.54, 1.807) is 11.1 Å². The summed E-state index contributed by atoms with van der Waals surface area (Å²) in [5.41, 5.74) is 6.86. The molecule has 4 aliphatic rings. The SMILES string of the molecule is C[C@]12CC[C@@H]3C4=C(CC=C=C4)CC[C@H]3[C@@H]1CCC2O. The van der Waals surface area contributed by atoms with Gasteiger partial charge in [0.15, 0.2) is 0 Å². The third kappa shape index (κ3) is 1.58. The van der Waals surface area contributed by atoms with Crippen LogP contribution in [0.2, 0.25) is 0 Å². The lowest BCUT2D eigenvalue weighted by Gasteiger charge is -2.50. The molecule has 5 atom stereocenters. The predicted octanol–water partition coefficient (Wildman–Crippen LogP) is 4.00. The maximum Gasteiger partial charge on any atom is 0.0596 e. The Morgan fingerprint density at radius 2 is 2.16 bits per heavy atom. The van der Waals surface area contributed by atoms with Crippen molar-refractivity contribution in [2.75, 3.05) is 0 Å². The minimum Gasteiger partial charge on any atom is -0.393 e. The first-order valence-electron chi connectivity index (χ1n) is 8.01. The minimum atomic E-state index is -0.0457. The summed E-state index contributed by atoms with van der Waals surface area (Å²) in [5.74, 6) is 2.36. The van der Waals surface area contributed by atoms with Crippen LogP contribution in [0.4, 0.5) is 0 Å². The maximum atomic E-state index is 10.4. The molecule has 0 aromatic heterocycles. The van der Waals surface area contributed by atoms with Crippen molar-refractivity contribution in [3.05, 3.63) is 29.0 Å². The van der Waals surface area contributed by atoms with Gasteiger partial charge in [0.25, 0.3) is 0 Å². The Morgan fingerprint density at radius 3 is 3.05 bits per heavy atom. The molecule has 0 amide bonds. The molecular weight excluding hydrogens is 232 g/mol. The molecule has 0 aromatic carbocycles. The number of allylic oxidation sites excluding steroid dienone is 3. The molecule has 1 N–H and O–H groups in total. The lowest BCUT2D eigenvalue weighted by molar-refractivity contribution is -0.0299. The molecule has 0 heterocycles. The molecule has 1 unspecified atom stereocenters. The van der Waals surface area contributed by atoms with Gasteiger partial charge in [0.2, 0.25) is 0 Å². The van der Waals surface area contributed by atoms with E-state index in [4.69, 9.17) is 0 Å². The molecule has 1 heteroatoms. The largest absolute Gasteiger partial charge is 0.393 e. The summed E-state index contributed by atoms with van der Waals surface area (Å²) in [5, 5.41) is 10.4. The van der Waals surface area contributed by atoms with Gasteiger partial charge >= 0.3 is 0 Å². The van der Waals surface area contributed by atoms with Crippen molar-refractivity contribution in [2.24, 2.45) is 23.2 Å². The van der Waals surface area contributed by atoms with Crippen molar-refractivity contribution < 1.29 is 5.11 Å². The molecule has 0 bridgehead atoms. The Morgan fingerprint density at radius 1 is 1.26 bits per heavy atom. The van der Waals surface area contributed by atoms with E-state index < -0.39 is 0 Å². The van der Waals surface area contributed by atoms with Crippen molar-refractivity contribution in [2.45, 2.75) is 58.0 Å². The van der Waals surface area contributed by atoms with Gasteiger partial charge in [-0.05, 0) is 85.8 Å². The van der Waals surface area contributed by atoms with Gasteiger partial charge < -0.3 is 5.11 Å². The summed E-state index contributed by atoms with van der Waals surface area (Å²) in [6.45, 7) is 2.35. The summed E-state index contributed by atoms with van der Waals surface area (Å²) in [7, 11) is 0. The lowest BCUT2D eigenvalue weighted by Crippen LogP contribution is -2.44. The van der Waals surface area contributed by atoms with Gasteiger partial charge in [0, 0.05) is 0 Å². The van der Waals surface area contributed by atoms with Gasteiger partial charge in [0.05, 0.1) is 6.10 Å². The van der Waals surface area contributed by atoms with Crippen LogP contribution in [0.1, 0.15) is 51.9 Å². The topological polar surface area (TPSA) is 20.2 Å². The van der Waals surface area contributed by atoms with E-state index in [9.17, 15) is 5.11 Å². The van der Waals surface area contributed by atoms with Crippen LogP contribution < -0.4 is 0 Å². The van der Waals surface area contributed by atoms with E-state index in [1.807, 2.05) is 0 Å². The molecule has 1 nitrogen and oxygen atoms in total. The monoisotopic (exact) mass is 256 g/mol. The van der Waals surface area contributed by atoms with Gasteiger partial charge in [-0.1, -0.05) is 12.5 Å². The van der Waals surface area contributed by atoms with Crippen molar-refractivity contribution in [3.8, 4) is 0 Å². The van der Waals surface area contributed by atoms with E-state index >= 15 is 0 Å². The molecule has 2 fully saturated rings. The van der Waals surface area contributed by atoms with E-state index in [-0.39, 0.29) is 11.5 Å². The second-order valence-corrected chi connectivity index (χ2v) is 7.33. The summed E-state index contributed by atoms with van der Waals surface area (Å²) in [6.07, 6.45) is 13.0. The number of hydrogen-bond acceptors (Lipinski definition) is 1. The molecule has 4 aliphatic carbocycles. The highest BCUT2D eigenvalue weighted by Crippen LogP contribution is 2.60. The van der Waals surface area contributed by atoms with Crippen LogP contribution in [0.5, 0.6) is 0 Å². The summed E-state index contributed by atoms with van der Waals surface area (Å²) in [6, 6.07) is 0. The fourth-order valence-corrected chi connectivity index (χ4v) is 5.56. The van der Waals surface area contributed by atoms with E-state index in [0.29, 0.717) is 0 Å². The third-order valence-electron chi connectivity index (χ3n) is 6.68. The zero-order valence-corrected chi connectivity index (χ0v) is 11.9. The first-order chi connectivity index (χ1) is 9.20. The van der Waals surface area contributed by atoms with Gasteiger partial charge in [0.1, 0.15) is 0 Å². The Kier molecular flexibility index (Phi) is 2.59. The number of hydrogen-bond donors (Lipinski definition) is 1. The van der Waals surface area contributed by atoms with Crippen LogP contribution in [0.3, 0.4) is 0 Å². The fourth-order valence-electron chi connectivity index (χ4n) is 5.56. The van der Waals surface area contributed by atoms with E-state index in [2.05, 4.69) is 24.8 Å². The molecule has 19 heavy (non-hydrogen) atoms. The molecule has 0 spiro atoms. The number of fused-ring (bicyclic) bond motifs is 4. The van der Waals surface area contributed by atoms with E-state index in [1.165, 1.54) is 32.1 Å². The Labute approximate surface area is 116 Å². The second-order valence-electron chi connectivity index (χ2n) is 7.33. The Bertz CT molecular complexity index is 494. The van der Waals surface area contributed by atoms with Crippen molar-refractivity contribution >= 4 is 0 Å². The lowest BCUT2D eigenvalue weighted by atomic mass is 9.55. The van der Waals surface area contributed by atoms with Gasteiger partial charge in [-0.2, -0.15) is 0 Å². The maximum absolute atomic E-state index is 10.4. The Hall–Kier alpha value is -0.780. The number of aliphatic hydroxyl groups is 1. The molecule has 0 aromatic rings. The Balaban J connectivity index is 1.70.